The molecule has 1 aromatic carbocycles. The Morgan fingerprint density at radius 1 is 1.14 bits per heavy atom. The smallest absolute Gasteiger partial charge is 0.223 e. The highest BCUT2D eigenvalue weighted by atomic mass is 127. The molecule has 1 amide bonds. The van der Waals surface area contributed by atoms with Crippen molar-refractivity contribution in [2.45, 2.75) is 64.0 Å². The molecule has 2 aliphatic rings. The van der Waals surface area contributed by atoms with Crippen molar-refractivity contribution in [3.63, 3.8) is 0 Å². The first-order valence-corrected chi connectivity index (χ1v) is 10.3. The first-order chi connectivity index (χ1) is 13.5. The van der Waals surface area contributed by atoms with Gasteiger partial charge in [0.2, 0.25) is 5.91 Å². The van der Waals surface area contributed by atoms with Gasteiger partial charge in [-0.25, -0.2) is 8.78 Å². The van der Waals surface area contributed by atoms with Gasteiger partial charge >= 0.3 is 0 Å². The molecule has 0 spiro atoms. The van der Waals surface area contributed by atoms with Crippen LogP contribution in [0, 0.1) is 17.6 Å². The molecule has 5 nitrogen and oxygen atoms in total. The summed E-state index contributed by atoms with van der Waals surface area (Å²) in [5.74, 6) is 0.0377. The molecule has 2 aliphatic carbocycles. The second kappa shape index (κ2) is 11.7. The average Bonchev–Trinajstić information content (AvgIpc) is 3.49. The zero-order chi connectivity index (χ0) is 19.9. The Balaban J connectivity index is 0.00000300. The maximum atomic E-state index is 13.7. The zero-order valence-electron chi connectivity index (χ0n) is 16.8. The lowest BCUT2D eigenvalue weighted by molar-refractivity contribution is -0.126. The Hall–Kier alpha value is -1.45. The Bertz CT molecular complexity index is 712. The van der Waals surface area contributed by atoms with Crippen LogP contribution in [0.1, 0.15) is 51.0 Å². The fourth-order valence-electron chi connectivity index (χ4n) is 3.64. The van der Waals surface area contributed by atoms with Gasteiger partial charge in [-0.1, -0.05) is 6.42 Å². The molecule has 0 aliphatic heterocycles. The molecule has 8 heteroatoms. The van der Waals surface area contributed by atoms with Gasteiger partial charge in [-0.05, 0) is 69.2 Å². The number of carbonyl (C=O) groups is 1. The van der Waals surface area contributed by atoms with Gasteiger partial charge in [0.05, 0.1) is 0 Å². The van der Waals surface area contributed by atoms with E-state index in [1.807, 2.05) is 6.92 Å². The number of benzene rings is 1. The summed E-state index contributed by atoms with van der Waals surface area (Å²) in [6.45, 7) is 3.04. The van der Waals surface area contributed by atoms with E-state index >= 15 is 0 Å². The normalized spacial score (nSPS) is 21.8. The topological polar surface area (TPSA) is 65.5 Å². The Morgan fingerprint density at radius 3 is 2.66 bits per heavy atom. The van der Waals surface area contributed by atoms with Crippen LogP contribution in [0.2, 0.25) is 0 Å². The molecule has 3 rings (SSSR count). The molecule has 1 aromatic rings. The molecule has 0 heterocycles. The number of carbonyl (C=O) groups excluding carboxylic acids is 1. The van der Waals surface area contributed by atoms with E-state index in [-0.39, 0.29) is 41.8 Å². The first-order valence-electron chi connectivity index (χ1n) is 10.3. The van der Waals surface area contributed by atoms with E-state index in [1.165, 1.54) is 6.07 Å². The molecule has 29 heavy (non-hydrogen) atoms. The minimum absolute atomic E-state index is 0. The van der Waals surface area contributed by atoms with Crippen LogP contribution in [0.5, 0.6) is 0 Å². The van der Waals surface area contributed by atoms with Gasteiger partial charge in [0.15, 0.2) is 5.96 Å². The monoisotopic (exact) mass is 520 g/mol. The van der Waals surface area contributed by atoms with Crippen molar-refractivity contribution < 1.29 is 13.6 Å². The van der Waals surface area contributed by atoms with E-state index in [0.29, 0.717) is 37.1 Å². The highest BCUT2D eigenvalue weighted by Crippen LogP contribution is 2.26. The number of hydrogen-bond donors (Lipinski definition) is 3. The Labute approximate surface area is 188 Å². The third-order valence-electron chi connectivity index (χ3n) is 5.31. The van der Waals surface area contributed by atoms with Gasteiger partial charge in [-0.15, -0.1) is 24.0 Å². The van der Waals surface area contributed by atoms with E-state index in [0.717, 1.165) is 50.7 Å². The van der Waals surface area contributed by atoms with Crippen LogP contribution in [0.15, 0.2) is 23.2 Å². The summed E-state index contributed by atoms with van der Waals surface area (Å²) in [6, 6.07) is 4.06. The molecular weight excluding hydrogens is 489 g/mol. The SMILES string of the molecule is CCNC(=NCCc1cc(F)ccc1F)NC1CCCC(C(=O)NC2CC2)C1.I. The number of guanidine groups is 1. The summed E-state index contributed by atoms with van der Waals surface area (Å²) in [5, 5.41) is 9.72. The van der Waals surface area contributed by atoms with E-state index < -0.39 is 11.6 Å². The van der Waals surface area contributed by atoms with Crippen LogP contribution >= 0.6 is 24.0 Å². The van der Waals surface area contributed by atoms with Gasteiger partial charge in [-0.2, -0.15) is 0 Å². The molecule has 0 aromatic heterocycles. The first kappa shape index (κ1) is 23.8. The minimum atomic E-state index is -0.442. The van der Waals surface area contributed by atoms with Crippen molar-refractivity contribution in [1.29, 1.82) is 0 Å². The molecule has 162 valence electrons. The largest absolute Gasteiger partial charge is 0.357 e. The Morgan fingerprint density at radius 2 is 1.93 bits per heavy atom. The summed E-state index contributed by atoms with van der Waals surface area (Å²) in [5.41, 5.74) is 0.328. The number of halogens is 3. The van der Waals surface area contributed by atoms with Gasteiger partial charge in [0.1, 0.15) is 11.6 Å². The highest BCUT2D eigenvalue weighted by Gasteiger charge is 2.31. The highest BCUT2D eigenvalue weighted by molar-refractivity contribution is 14.0. The van der Waals surface area contributed by atoms with Crippen molar-refractivity contribution >= 4 is 35.8 Å². The van der Waals surface area contributed by atoms with Gasteiger partial charge in [0, 0.05) is 31.1 Å². The standard InChI is InChI=1S/C21H30F2N4O.HI/c1-2-24-21(25-11-10-14-12-16(22)6-9-19(14)23)27-18-5-3-4-15(13-18)20(28)26-17-7-8-17;/h6,9,12,15,17-18H,2-5,7-8,10-11,13H2,1H3,(H,26,28)(H2,24,25,27);1H. The van der Waals surface area contributed by atoms with Crippen molar-refractivity contribution in [3.05, 3.63) is 35.4 Å². The molecule has 0 saturated heterocycles. The van der Waals surface area contributed by atoms with E-state index in [1.54, 1.807) is 0 Å². The summed E-state index contributed by atoms with van der Waals surface area (Å²) >= 11 is 0. The number of amides is 1. The quantitative estimate of drug-likeness (QED) is 0.293. The summed E-state index contributed by atoms with van der Waals surface area (Å²) in [4.78, 5) is 16.8. The van der Waals surface area contributed by atoms with Crippen molar-refractivity contribution in [3.8, 4) is 0 Å². The predicted molar refractivity (Wildman–Crippen MR) is 122 cm³/mol. The fraction of sp³-hybridized carbons (Fsp3) is 0.619. The van der Waals surface area contributed by atoms with Crippen LogP contribution < -0.4 is 16.0 Å². The lowest BCUT2D eigenvalue weighted by Crippen LogP contribution is -2.47. The molecule has 2 unspecified atom stereocenters. The predicted octanol–water partition coefficient (Wildman–Crippen LogP) is 3.52. The summed E-state index contributed by atoms with van der Waals surface area (Å²) < 4.78 is 27.0. The Kier molecular flexibility index (Phi) is 9.58. The molecule has 2 atom stereocenters. The molecular formula is C21H31F2IN4O. The van der Waals surface area contributed by atoms with Crippen LogP contribution in [0.4, 0.5) is 8.78 Å². The molecule has 0 bridgehead atoms. The number of hydrogen-bond acceptors (Lipinski definition) is 2. The molecule has 3 N–H and O–H groups in total. The van der Waals surface area contributed by atoms with Gasteiger partial charge in [0.25, 0.3) is 0 Å². The number of aliphatic imine (C=N–C) groups is 1. The molecule has 0 radical (unpaired) electrons. The number of nitrogens with zero attached hydrogens (tertiary/aromatic N) is 1. The van der Waals surface area contributed by atoms with Crippen molar-refractivity contribution in [2.75, 3.05) is 13.1 Å². The van der Waals surface area contributed by atoms with Crippen LogP contribution in [-0.4, -0.2) is 37.0 Å². The second-order valence-corrected chi connectivity index (χ2v) is 7.73. The van der Waals surface area contributed by atoms with Crippen LogP contribution in [0.3, 0.4) is 0 Å². The number of rotatable bonds is 7. The van der Waals surface area contributed by atoms with Crippen molar-refractivity contribution in [1.82, 2.24) is 16.0 Å². The van der Waals surface area contributed by atoms with Gasteiger partial charge in [-0.3, -0.25) is 9.79 Å². The average molecular weight is 520 g/mol. The fourth-order valence-corrected chi connectivity index (χ4v) is 3.64. The third kappa shape index (κ3) is 7.71. The maximum absolute atomic E-state index is 13.7. The maximum Gasteiger partial charge on any atom is 0.223 e. The van der Waals surface area contributed by atoms with Gasteiger partial charge < -0.3 is 16.0 Å². The van der Waals surface area contributed by atoms with E-state index in [4.69, 9.17) is 0 Å². The second-order valence-electron chi connectivity index (χ2n) is 7.73. The van der Waals surface area contributed by atoms with Crippen LogP contribution in [0.25, 0.3) is 0 Å². The lowest BCUT2D eigenvalue weighted by atomic mass is 9.85. The molecule has 2 saturated carbocycles. The van der Waals surface area contributed by atoms with Crippen LogP contribution in [-0.2, 0) is 11.2 Å². The minimum Gasteiger partial charge on any atom is -0.357 e. The summed E-state index contributed by atoms with van der Waals surface area (Å²) in [7, 11) is 0. The van der Waals surface area contributed by atoms with Crippen molar-refractivity contribution in [2.24, 2.45) is 10.9 Å². The third-order valence-corrected chi connectivity index (χ3v) is 5.31. The van der Waals surface area contributed by atoms with E-state index in [2.05, 4.69) is 20.9 Å². The zero-order valence-corrected chi connectivity index (χ0v) is 19.2. The molecule has 2 fully saturated rings. The summed E-state index contributed by atoms with van der Waals surface area (Å²) in [6.07, 6.45) is 6.26. The number of nitrogens with one attached hydrogen (secondary N) is 3. The lowest BCUT2D eigenvalue weighted by Gasteiger charge is -2.30. The van der Waals surface area contributed by atoms with E-state index in [9.17, 15) is 13.6 Å².